The molecule has 0 aliphatic carbocycles. The van der Waals surface area contributed by atoms with Gasteiger partial charge in [-0.15, -0.1) is 0 Å². The SMILES string of the molecule is CCC.CCCC(CC)Oc1nc(C)ncc1C(F)(F)F. The van der Waals surface area contributed by atoms with E-state index < -0.39 is 11.7 Å². The Morgan fingerprint density at radius 2 is 1.76 bits per heavy atom. The lowest BCUT2D eigenvalue weighted by atomic mass is 10.1. The molecule has 6 heteroatoms. The van der Waals surface area contributed by atoms with Crippen molar-refractivity contribution in [2.24, 2.45) is 0 Å². The van der Waals surface area contributed by atoms with Crippen molar-refractivity contribution in [1.29, 1.82) is 0 Å². The van der Waals surface area contributed by atoms with Gasteiger partial charge in [0.25, 0.3) is 0 Å². The van der Waals surface area contributed by atoms with Gasteiger partial charge in [-0.2, -0.15) is 18.2 Å². The van der Waals surface area contributed by atoms with Crippen LogP contribution in [0.3, 0.4) is 0 Å². The summed E-state index contributed by atoms with van der Waals surface area (Å²) < 4.78 is 43.7. The van der Waals surface area contributed by atoms with Crippen molar-refractivity contribution in [3.63, 3.8) is 0 Å². The number of aryl methyl sites for hydroxylation is 1. The second-order valence-corrected chi connectivity index (χ2v) is 4.78. The van der Waals surface area contributed by atoms with Crippen LogP contribution in [-0.2, 0) is 6.18 Å². The summed E-state index contributed by atoms with van der Waals surface area (Å²) in [6.45, 7) is 9.62. The van der Waals surface area contributed by atoms with Gasteiger partial charge < -0.3 is 4.74 Å². The van der Waals surface area contributed by atoms with E-state index in [1.165, 1.54) is 13.3 Å². The molecule has 1 unspecified atom stereocenters. The van der Waals surface area contributed by atoms with E-state index in [-0.39, 0.29) is 17.8 Å². The maximum absolute atomic E-state index is 12.8. The van der Waals surface area contributed by atoms with E-state index >= 15 is 0 Å². The zero-order chi connectivity index (χ0) is 16.5. The van der Waals surface area contributed by atoms with Gasteiger partial charge in [-0.25, -0.2) is 4.98 Å². The summed E-state index contributed by atoms with van der Waals surface area (Å²) in [7, 11) is 0. The summed E-state index contributed by atoms with van der Waals surface area (Å²) in [6.07, 6.45) is -0.510. The molecule has 1 heterocycles. The highest BCUT2D eigenvalue weighted by Gasteiger charge is 2.36. The number of aromatic nitrogens is 2. The first-order chi connectivity index (χ1) is 9.79. The van der Waals surface area contributed by atoms with E-state index in [2.05, 4.69) is 23.8 Å². The molecule has 1 rings (SSSR count). The lowest BCUT2D eigenvalue weighted by Gasteiger charge is -2.19. The van der Waals surface area contributed by atoms with Gasteiger partial charge in [0.05, 0.1) is 0 Å². The minimum atomic E-state index is -4.49. The molecule has 0 bridgehead atoms. The number of hydrogen-bond donors (Lipinski definition) is 0. The van der Waals surface area contributed by atoms with Gasteiger partial charge in [0.15, 0.2) is 0 Å². The van der Waals surface area contributed by atoms with Gasteiger partial charge in [0.2, 0.25) is 5.88 Å². The average molecular weight is 306 g/mol. The van der Waals surface area contributed by atoms with Crippen LogP contribution < -0.4 is 4.74 Å². The predicted octanol–water partition coefficient (Wildman–Crippen LogP) is 5.18. The third-order valence-electron chi connectivity index (χ3n) is 2.52. The lowest BCUT2D eigenvalue weighted by Crippen LogP contribution is -2.19. The Morgan fingerprint density at radius 1 is 1.19 bits per heavy atom. The van der Waals surface area contributed by atoms with Crippen molar-refractivity contribution >= 4 is 0 Å². The fraction of sp³-hybridized carbons (Fsp3) is 0.733. The van der Waals surface area contributed by atoms with Crippen LogP contribution in [0.1, 0.15) is 64.8 Å². The van der Waals surface area contributed by atoms with Crippen molar-refractivity contribution in [3.05, 3.63) is 17.6 Å². The Hall–Kier alpha value is -1.33. The Labute approximate surface area is 125 Å². The molecule has 0 amide bonds. The van der Waals surface area contributed by atoms with Crippen LogP contribution in [0.15, 0.2) is 6.20 Å². The molecule has 1 aromatic rings. The summed E-state index contributed by atoms with van der Waals surface area (Å²) in [5, 5.41) is 0. The second kappa shape index (κ2) is 9.58. The number of nitrogens with zero attached hydrogens (tertiary/aromatic N) is 2. The molecular weight excluding hydrogens is 281 g/mol. The summed E-state index contributed by atoms with van der Waals surface area (Å²) in [5.74, 6) is -0.0975. The quantitative estimate of drug-likeness (QED) is 0.752. The van der Waals surface area contributed by atoms with E-state index in [1.807, 2.05) is 13.8 Å². The first-order valence-corrected chi connectivity index (χ1v) is 7.37. The summed E-state index contributed by atoms with van der Waals surface area (Å²) in [6, 6.07) is 0. The highest BCUT2D eigenvalue weighted by Crippen LogP contribution is 2.35. The molecule has 0 saturated carbocycles. The van der Waals surface area contributed by atoms with Crippen molar-refractivity contribution in [2.75, 3.05) is 0 Å². The minimum absolute atomic E-state index is 0.245. The maximum atomic E-state index is 12.8. The molecule has 0 saturated heterocycles. The van der Waals surface area contributed by atoms with Gasteiger partial charge in [0, 0.05) is 6.20 Å². The van der Waals surface area contributed by atoms with Crippen LogP contribution in [0, 0.1) is 6.92 Å². The molecule has 0 spiro atoms. The standard InChI is InChI=1S/C12H17F3N2O.C3H8/c1-4-6-9(5-2)18-11-10(12(13,14)15)7-16-8(3)17-11;1-3-2/h7,9H,4-6H2,1-3H3;3H2,1-2H3. The Kier molecular flexibility index (Phi) is 8.97. The van der Waals surface area contributed by atoms with E-state index in [9.17, 15) is 13.2 Å². The molecule has 0 aliphatic rings. The van der Waals surface area contributed by atoms with Crippen LogP contribution in [-0.4, -0.2) is 16.1 Å². The third kappa shape index (κ3) is 7.29. The number of alkyl halides is 3. The number of rotatable bonds is 5. The topological polar surface area (TPSA) is 35.0 Å². The van der Waals surface area contributed by atoms with Gasteiger partial charge in [-0.05, 0) is 19.8 Å². The molecule has 21 heavy (non-hydrogen) atoms. The van der Waals surface area contributed by atoms with Crippen LogP contribution in [0.4, 0.5) is 13.2 Å². The molecule has 0 fully saturated rings. The minimum Gasteiger partial charge on any atom is -0.474 e. The summed E-state index contributed by atoms with van der Waals surface area (Å²) in [5.41, 5.74) is -0.914. The van der Waals surface area contributed by atoms with E-state index in [0.717, 1.165) is 12.6 Å². The molecule has 1 atom stereocenters. The Bertz CT molecular complexity index is 408. The van der Waals surface area contributed by atoms with E-state index in [0.29, 0.717) is 12.8 Å². The van der Waals surface area contributed by atoms with E-state index in [1.54, 1.807) is 0 Å². The van der Waals surface area contributed by atoms with Crippen LogP contribution in [0.2, 0.25) is 0 Å². The van der Waals surface area contributed by atoms with Gasteiger partial charge >= 0.3 is 6.18 Å². The smallest absolute Gasteiger partial charge is 0.423 e. The van der Waals surface area contributed by atoms with Crippen molar-refractivity contribution < 1.29 is 17.9 Å². The predicted molar refractivity (Wildman–Crippen MR) is 77.4 cm³/mol. The first kappa shape index (κ1) is 19.7. The second-order valence-electron chi connectivity index (χ2n) is 4.78. The third-order valence-corrected chi connectivity index (χ3v) is 2.52. The fourth-order valence-electron chi connectivity index (χ4n) is 1.56. The molecule has 0 aliphatic heterocycles. The number of hydrogen-bond acceptors (Lipinski definition) is 3. The molecular formula is C15H25F3N2O. The Balaban J connectivity index is 0.00000122. The summed E-state index contributed by atoms with van der Waals surface area (Å²) in [4.78, 5) is 7.33. The van der Waals surface area contributed by atoms with Crippen molar-refractivity contribution in [1.82, 2.24) is 9.97 Å². The lowest BCUT2D eigenvalue weighted by molar-refractivity contribution is -0.140. The van der Waals surface area contributed by atoms with Gasteiger partial charge in [-0.1, -0.05) is 40.5 Å². The monoisotopic (exact) mass is 306 g/mol. The molecule has 0 aromatic carbocycles. The zero-order valence-electron chi connectivity index (χ0n) is 13.4. The average Bonchev–Trinajstić information content (AvgIpc) is 2.37. The van der Waals surface area contributed by atoms with Gasteiger partial charge in [-0.3, -0.25) is 0 Å². The normalized spacial score (nSPS) is 12.4. The number of halogens is 3. The highest BCUT2D eigenvalue weighted by molar-refractivity contribution is 5.26. The molecule has 122 valence electrons. The molecule has 1 aromatic heterocycles. The summed E-state index contributed by atoms with van der Waals surface area (Å²) >= 11 is 0. The van der Waals surface area contributed by atoms with Crippen LogP contribution >= 0.6 is 0 Å². The molecule has 3 nitrogen and oxygen atoms in total. The van der Waals surface area contributed by atoms with Gasteiger partial charge in [0.1, 0.15) is 17.5 Å². The molecule has 0 N–H and O–H groups in total. The Morgan fingerprint density at radius 3 is 2.19 bits per heavy atom. The first-order valence-electron chi connectivity index (χ1n) is 7.37. The van der Waals surface area contributed by atoms with Crippen LogP contribution in [0.25, 0.3) is 0 Å². The largest absolute Gasteiger partial charge is 0.474 e. The highest BCUT2D eigenvalue weighted by atomic mass is 19.4. The number of ether oxygens (including phenoxy) is 1. The van der Waals surface area contributed by atoms with Crippen LogP contribution in [0.5, 0.6) is 5.88 Å². The molecule has 0 radical (unpaired) electrons. The van der Waals surface area contributed by atoms with Crippen molar-refractivity contribution in [3.8, 4) is 5.88 Å². The fourth-order valence-corrected chi connectivity index (χ4v) is 1.56. The van der Waals surface area contributed by atoms with Crippen molar-refractivity contribution in [2.45, 2.75) is 72.6 Å². The zero-order valence-corrected chi connectivity index (χ0v) is 13.4. The maximum Gasteiger partial charge on any atom is 0.423 e. The van der Waals surface area contributed by atoms with E-state index in [4.69, 9.17) is 4.74 Å².